The van der Waals surface area contributed by atoms with Crippen LogP contribution in [0.4, 0.5) is 10.1 Å². The van der Waals surface area contributed by atoms with Crippen LogP contribution in [0.3, 0.4) is 0 Å². The molecule has 3 rings (SSSR count). The number of amides is 5. The van der Waals surface area contributed by atoms with Crippen molar-refractivity contribution in [3.63, 3.8) is 0 Å². The number of rotatable bonds is 12. The zero-order valence-corrected chi connectivity index (χ0v) is 22.6. The number of carbonyl (C=O) groups excluding carboxylic acids is 5. The second-order valence-electron chi connectivity index (χ2n) is 9.39. The first-order valence-electron chi connectivity index (χ1n) is 12.7. The monoisotopic (exact) mass is 570 g/mol. The van der Waals surface area contributed by atoms with Crippen LogP contribution in [0.15, 0.2) is 48.6 Å². The minimum Gasteiger partial charge on any atom is -0.486 e. The largest absolute Gasteiger partial charge is 0.486 e. The Morgan fingerprint density at radius 2 is 1.63 bits per heavy atom. The minimum absolute atomic E-state index is 0.0786. The maximum Gasteiger partial charge on any atom is 0.253 e. The summed E-state index contributed by atoms with van der Waals surface area (Å²) in [5, 5.41) is 26.4. The Morgan fingerprint density at radius 1 is 0.976 bits per heavy atom. The highest BCUT2D eigenvalue weighted by molar-refractivity contribution is 6.13. The van der Waals surface area contributed by atoms with Gasteiger partial charge in [0, 0.05) is 36.4 Å². The van der Waals surface area contributed by atoms with Crippen LogP contribution < -0.4 is 20.7 Å². The summed E-state index contributed by atoms with van der Waals surface area (Å²) in [5.41, 5.74) is 1.05. The van der Waals surface area contributed by atoms with Gasteiger partial charge in [-0.1, -0.05) is 18.2 Å². The van der Waals surface area contributed by atoms with Gasteiger partial charge < -0.3 is 30.9 Å². The molecule has 218 valence electrons. The molecule has 0 saturated heterocycles. The number of aryl methyl sites for hydroxylation is 1. The minimum atomic E-state index is -1.99. The van der Waals surface area contributed by atoms with Crippen LogP contribution >= 0.6 is 0 Å². The van der Waals surface area contributed by atoms with E-state index in [9.17, 15) is 38.6 Å². The summed E-state index contributed by atoms with van der Waals surface area (Å²) in [7, 11) is 0. The molecular formula is C28H31FN4O8. The highest BCUT2D eigenvalue weighted by atomic mass is 19.1. The van der Waals surface area contributed by atoms with Crippen molar-refractivity contribution in [3.8, 4) is 5.75 Å². The summed E-state index contributed by atoms with van der Waals surface area (Å²) < 4.78 is 20.1. The van der Waals surface area contributed by atoms with E-state index in [1.54, 1.807) is 24.3 Å². The third-order valence-corrected chi connectivity index (χ3v) is 6.20. The van der Waals surface area contributed by atoms with Crippen molar-refractivity contribution < 1.29 is 43.3 Å². The van der Waals surface area contributed by atoms with Gasteiger partial charge in [0.15, 0.2) is 17.9 Å². The van der Waals surface area contributed by atoms with Crippen LogP contribution in [0.1, 0.15) is 43.2 Å². The topological polar surface area (TPSA) is 174 Å². The molecule has 0 fully saturated rings. The standard InChI is InChI=1S/C28H31FN4O8/c1-15-7-8-20(25(29)24(15)28(39)40)41-14-18-5-4-6-19(13-18)32-27(38)17(3)31-26(37)16(2)30-21(34)11-12-33-22(35)9-10-23(33)36/h4-10,13,16-17,28,39-40H,11-12,14H2,1-3H3,(H,30,34)(H,31,37)(H,32,38). The Balaban J connectivity index is 1.48. The lowest BCUT2D eigenvalue weighted by Crippen LogP contribution is -2.50. The molecule has 0 bridgehead atoms. The molecule has 13 heteroatoms. The van der Waals surface area contributed by atoms with E-state index in [0.717, 1.165) is 17.1 Å². The third kappa shape index (κ3) is 8.19. The van der Waals surface area contributed by atoms with Crippen molar-refractivity contribution in [1.82, 2.24) is 15.5 Å². The van der Waals surface area contributed by atoms with Crippen LogP contribution in [0, 0.1) is 12.7 Å². The van der Waals surface area contributed by atoms with Gasteiger partial charge in [-0.2, -0.15) is 0 Å². The number of aliphatic hydroxyl groups excluding tert-OH is 1. The first-order chi connectivity index (χ1) is 19.4. The molecule has 41 heavy (non-hydrogen) atoms. The van der Waals surface area contributed by atoms with E-state index in [-0.39, 0.29) is 30.9 Å². The van der Waals surface area contributed by atoms with E-state index in [1.807, 2.05) is 0 Å². The number of hydrogen-bond acceptors (Lipinski definition) is 8. The fraction of sp³-hybridized carbons (Fsp3) is 0.321. The Bertz CT molecular complexity index is 1360. The summed E-state index contributed by atoms with van der Waals surface area (Å²) in [6.07, 6.45) is 0.0457. The van der Waals surface area contributed by atoms with Crippen LogP contribution in [0.5, 0.6) is 5.75 Å². The normalized spacial score (nSPS) is 14.2. The Morgan fingerprint density at radius 3 is 2.29 bits per heavy atom. The van der Waals surface area contributed by atoms with E-state index < -0.39 is 53.7 Å². The molecule has 2 aromatic carbocycles. The van der Waals surface area contributed by atoms with Gasteiger partial charge in [0.1, 0.15) is 18.7 Å². The molecule has 5 amide bonds. The number of nitrogens with one attached hydrogen (secondary N) is 3. The average molecular weight is 571 g/mol. The van der Waals surface area contributed by atoms with Gasteiger partial charge in [-0.15, -0.1) is 0 Å². The fourth-order valence-corrected chi connectivity index (χ4v) is 3.90. The number of aliphatic hydroxyl groups is 2. The Labute approximate surface area is 235 Å². The third-order valence-electron chi connectivity index (χ3n) is 6.20. The molecule has 0 radical (unpaired) electrons. The van der Waals surface area contributed by atoms with Crippen molar-refractivity contribution in [3.05, 3.63) is 71.1 Å². The summed E-state index contributed by atoms with van der Waals surface area (Å²) in [6, 6.07) is 7.44. The first-order valence-corrected chi connectivity index (χ1v) is 12.7. The molecule has 0 saturated carbocycles. The number of imide groups is 1. The molecule has 5 N–H and O–H groups in total. The van der Waals surface area contributed by atoms with Gasteiger partial charge in [0.2, 0.25) is 17.7 Å². The van der Waals surface area contributed by atoms with E-state index in [0.29, 0.717) is 16.8 Å². The number of nitrogens with zero attached hydrogens (tertiary/aromatic N) is 1. The van der Waals surface area contributed by atoms with E-state index in [1.165, 1.54) is 32.9 Å². The van der Waals surface area contributed by atoms with E-state index in [4.69, 9.17) is 4.74 Å². The molecule has 2 atom stereocenters. The maximum absolute atomic E-state index is 14.6. The highest BCUT2D eigenvalue weighted by Gasteiger charge is 2.25. The number of ether oxygens (including phenoxy) is 1. The number of benzene rings is 2. The van der Waals surface area contributed by atoms with Gasteiger partial charge >= 0.3 is 0 Å². The van der Waals surface area contributed by atoms with Crippen molar-refractivity contribution >= 4 is 35.2 Å². The van der Waals surface area contributed by atoms with Crippen LogP contribution in [-0.2, 0) is 30.6 Å². The maximum atomic E-state index is 14.6. The second-order valence-corrected chi connectivity index (χ2v) is 9.39. The predicted octanol–water partition coefficient (Wildman–Crippen LogP) is 0.959. The quantitative estimate of drug-likeness (QED) is 0.185. The molecule has 0 aromatic heterocycles. The molecule has 12 nitrogen and oxygen atoms in total. The molecule has 1 aliphatic heterocycles. The average Bonchev–Trinajstić information content (AvgIpc) is 3.23. The molecule has 2 unspecified atom stereocenters. The molecule has 2 aromatic rings. The van der Waals surface area contributed by atoms with Gasteiger partial charge in [-0.25, -0.2) is 4.39 Å². The zero-order valence-electron chi connectivity index (χ0n) is 22.6. The number of hydrogen-bond donors (Lipinski definition) is 5. The SMILES string of the molecule is Cc1ccc(OCc2cccc(NC(=O)C(C)NC(=O)C(C)NC(=O)CCN3C(=O)C=CC3=O)c2)c(F)c1C(O)O. The van der Waals surface area contributed by atoms with E-state index in [2.05, 4.69) is 16.0 Å². The van der Waals surface area contributed by atoms with Crippen molar-refractivity contribution in [2.24, 2.45) is 0 Å². The van der Waals surface area contributed by atoms with Crippen LogP contribution in [-0.4, -0.2) is 63.3 Å². The lowest BCUT2D eigenvalue weighted by atomic mass is 10.1. The summed E-state index contributed by atoms with van der Waals surface area (Å²) in [4.78, 5) is 61.3. The highest BCUT2D eigenvalue weighted by Crippen LogP contribution is 2.28. The zero-order chi connectivity index (χ0) is 30.3. The van der Waals surface area contributed by atoms with Crippen molar-refractivity contribution in [2.75, 3.05) is 11.9 Å². The molecule has 0 spiro atoms. The smallest absolute Gasteiger partial charge is 0.253 e. The molecule has 1 heterocycles. The Kier molecular flexibility index (Phi) is 10.3. The van der Waals surface area contributed by atoms with E-state index >= 15 is 0 Å². The van der Waals surface area contributed by atoms with Crippen LogP contribution in [0.2, 0.25) is 0 Å². The van der Waals surface area contributed by atoms with Gasteiger partial charge in [-0.3, -0.25) is 28.9 Å². The lowest BCUT2D eigenvalue weighted by molar-refractivity contribution is -0.137. The van der Waals surface area contributed by atoms with Gasteiger partial charge in [0.25, 0.3) is 11.8 Å². The second kappa shape index (κ2) is 13.6. The van der Waals surface area contributed by atoms with Gasteiger partial charge in [0.05, 0.1) is 0 Å². The number of carbonyl (C=O) groups is 5. The first kappa shape index (κ1) is 30.9. The lowest BCUT2D eigenvalue weighted by Gasteiger charge is -2.19. The van der Waals surface area contributed by atoms with Crippen LogP contribution in [0.25, 0.3) is 0 Å². The van der Waals surface area contributed by atoms with Crippen molar-refractivity contribution in [1.29, 1.82) is 0 Å². The molecule has 0 aliphatic carbocycles. The predicted molar refractivity (Wildman–Crippen MR) is 143 cm³/mol. The Hall–Kier alpha value is -4.62. The van der Waals surface area contributed by atoms with Gasteiger partial charge in [-0.05, 0) is 50.1 Å². The van der Waals surface area contributed by atoms with Crippen molar-refractivity contribution in [2.45, 2.75) is 52.2 Å². The summed E-state index contributed by atoms with van der Waals surface area (Å²) in [5.74, 6) is -3.78. The number of halogens is 1. The molecule has 1 aliphatic rings. The summed E-state index contributed by atoms with van der Waals surface area (Å²) >= 11 is 0. The fourth-order valence-electron chi connectivity index (χ4n) is 3.90. The summed E-state index contributed by atoms with van der Waals surface area (Å²) in [6.45, 7) is 4.22. The molecular weight excluding hydrogens is 539 g/mol. The number of anilines is 1.